The molecule has 2 heterocycles. The lowest BCUT2D eigenvalue weighted by Gasteiger charge is -2.13. The SMILES string of the molecule is Cl.NNC(=O)CCCCCCCCCOC(=O)c1[nH]c2cc(Cl)ccc2c1-c1c(-c2ccc(F)cc2)ncn1Cc1ccc(Cl)cc1. The molecule has 3 aromatic carbocycles. The number of carbonyl (C=O) groups excluding carboxylic acids is 2. The maximum Gasteiger partial charge on any atom is 0.355 e. The number of hydrogen-bond acceptors (Lipinski definition) is 5. The van der Waals surface area contributed by atoms with Crippen molar-refractivity contribution in [3.8, 4) is 22.5 Å². The van der Waals surface area contributed by atoms with Gasteiger partial charge in [0.15, 0.2) is 0 Å². The number of H-pyrrole nitrogens is 1. The summed E-state index contributed by atoms with van der Waals surface area (Å²) in [5.41, 5.74) is 6.73. The molecule has 1 amide bonds. The van der Waals surface area contributed by atoms with E-state index >= 15 is 0 Å². The largest absolute Gasteiger partial charge is 0.461 e. The number of aromatic nitrogens is 3. The highest BCUT2D eigenvalue weighted by Gasteiger charge is 2.27. The number of nitrogens with zero attached hydrogens (tertiary/aromatic N) is 2. The lowest BCUT2D eigenvalue weighted by molar-refractivity contribution is -0.121. The summed E-state index contributed by atoms with van der Waals surface area (Å²) in [4.78, 5) is 32.9. The molecule has 5 rings (SSSR count). The van der Waals surface area contributed by atoms with Gasteiger partial charge in [-0.15, -0.1) is 12.4 Å². The predicted molar refractivity (Wildman–Crippen MR) is 187 cm³/mol. The summed E-state index contributed by atoms with van der Waals surface area (Å²) in [5, 5.41) is 1.94. The number of halogens is 4. The zero-order valence-corrected chi connectivity index (χ0v) is 28.1. The predicted octanol–water partition coefficient (Wildman–Crippen LogP) is 8.88. The molecule has 4 N–H and O–H groups in total. The van der Waals surface area contributed by atoms with Gasteiger partial charge in [-0.25, -0.2) is 20.0 Å². The van der Waals surface area contributed by atoms with E-state index < -0.39 is 5.97 Å². The second-order valence-electron chi connectivity index (χ2n) is 11.2. The van der Waals surface area contributed by atoms with Gasteiger partial charge in [-0.3, -0.25) is 10.2 Å². The van der Waals surface area contributed by atoms with E-state index in [1.54, 1.807) is 30.6 Å². The minimum atomic E-state index is -0.482. The lowest BCUT2D eigenvalue weighted by Crippen LogP contribution is -2.29. The van der Waals surface area contributed by atoms with Crippen molar-refractivity contribution in [2.24, 2.45) is 5.84 Å². The highest BCUT2D eigenvalue weighted by Crippen LogP contribution is 2.40. The smallest absolute Gasteiger partial charge is 0.355 e. The molecule has 0 fully saturated rings. The van der Waals surface area contributed by atoms with Gasteiger partial charge < -0.3 is 14.3 Å². The molecule has 0 spiro atoms. The summed E-state index contributed by atoms with van der Waals surface area (Å²) < 4.78 is 21.7. The summed E-state index contributed by atoms with van der Waals surface area (Å²) in [5.74, 6) is 4.14. The molecule has 0 unspecified atom stereocenters. The normalized spacial score (nSPS) is 11.0. The van der Waals surface area contributed by atoms with Crippen molar-refractivity contribution < 1.29 is 18.7 Å². The van der Waals surface area contributed by atoms with Gasteiger partial charge in [0.05, 0.1) is 24.3 Å². The first-order valence-corrected chi connectivity index (χ1v) is 16.1. The molecule has 0 aliphatic carbocycles. The van der Waals surface area contributed by atoms with E-state index in [0.29, 0.717) is 56.7 Å². The molecule has 0 aliphatic rings. The number of carbonyl (C=O) groups is 2. The fraction of sp³-hybridized carbons (Fsp3) is 0.286. The maximum atomic E-state index is 13.9. The van der Waals surface area contributed by atoms with E-state index in [9.17, 15) is 14.0 Å². The summed E-state index contributed by atoms with van der Waals surface area (Å²) in [7, 11) is 0. The van der Waals surface area contributed by atoms with E-state index in [0.717, 1.165) is 55.9 Å². The molecule has 0 saturated carbocycles. The van der Waals surface area contributed by atoms with Crippen LogP contribution in [0.25, 0.3) is 33.4 Å². The Bertz CT molecular complexity index is 1790. The van der Waals surface area contributed by atoms with Crippen molar-refractivity contribution in [2.45, 2.75) is 57.9 Å². The summed E-state index contributed by atoms with van der Waals surface area (Å²) in [6.45, 7) is 0.732. The van der Waals surface area contributed by atoms with E-state index in [-0.39, 0.29) is 30.7 Å². The van der Waals surface area contributed by atoms with Crippen LogP contribution in [0.3, 0.4) is 0 Å². The van der Waals surface area contributed by atoms with E-state index in [1.165, 1.54) is 12.1 Å². The van der Waals surface area contributed by atoms with E-state index in [4.69, 9.17) is 38.8 Å². The second-order valence-corrected chi connectivity index (χ2v) is 12.1. The number of nitrogens with two attached hydrogens (primary N) is 1. The number of rotatable bonds is 15. The van der Waals surface area contributed by atoms with Crippen LogP contribution in [0.2, 0.25) is 10.0 Å². The van der Waals surface area contributed by atoms with Crippen molar-refractivity contribution in [1.29, 1.82) is 0 Å². The van der Waals surface area contributed by atoms with Crippen LogP contribution < -0.4 is 11.3 Å². The number of unbranched alkanes of at least 4 members (excludes halogenated alkanes) is 6. The molecule has 0 bridgehead atoms. The molecule has 8 nitrogen and oxygen atoms in total. The first-order valence-electron chi connectivity index (χ1n) is 15.4. The minimum Gasteiger partial charge on any atom is -0.461 e. The summed E-state index contributed by atoms with van der Waals surface area (Å²) >= 11 is 12.5. The van der Waals surface area contributed by atoms with Crippen molar-refractivity contribution >= 4 is 58.4 Å². The number of benzene rings is 3. The number of esters is 1. The van der Waals surface area contributed by atoms with Crippen LogP contribution in [-0.4, -0.2) is 33.0 Å². The molecule has 2 aromatic heterocycles. The number of hydrazine groups is 1. The Hall–Kier alpha value is -3.89. The van der Waals surface area contributed by atoms with Gasteiger partial charge >= 0.3 is 5.97 Å². The Morgan fingerprint density at radius 3 is 2.26 bits per heavy atom. The van der Waals surface area contributed by atoms with Crippen molar-refractivity contribution in [2.75, 3.05) is 6.61 Å². The van der Waals surface area contributed by atoms with Crippen LogP contribution in [0.5, 0.6) is 0 Å². The van der Waals surface area contributed by atoms with Gasteiger partial charge in [-0.1, -0.05) is 73.5 Å². The second kappa shape index (κ2) is 17.3. The molecule has 5 aromatic rings. The lowest BCUT2D eigenvalue weighted by atomic mass is 10.0. The number of hydrogen-bond donors (Lipinski definition) is 3. The number of imidazole rings is 1. The molecule has 0 aliphatic heterocycles. The van der Waals surface area contributed by atoms with Crippen LogP contribution >= 0.6 is 35.6 Å². The third-order valence-corrected chi connectivity index (χ3v) is 8.35. The third kappa shape index (κ3) is 9.35. The Morgan fingerprint density at radius 1 is 0.894 bits per heavy atom. The van der Waals surface area contributed by atoms with Crippen LogP contribution in [-0.2, 0) is 16.1 Å². The average molecular weight is 701 g/mol. The van der Waals surface area contributed by atoms with Crippen LogP contribution in [0.1, 0.15) is 67.4 Å². The molecule has 0 radical (unpaired) electrons. The molecule has 0 saturated heterocycles. The van der Waals surface area contributed by atoms with Crippen molar-refractivity contribution in [3.05, 3.63) is 100 Å². The zero-order valence-electron chi connectivity index (χ0n) is 25.7. The number of amides is 1. The number of ether oxygens (including phenoxy) is 1. The minimum absolute atomic E-state index is 0. The summed E-state index contributed by atoms with van der Waals surface area (Å²) in [6, 6.07) is 19.1. The summed E-state index contributed by atoms with van der Waals surface area (Å²) in [6.07, 6.45) is 8.73. The van der Waals surface area contributed by atoms with Gasteiger partial charge in [0.25, 0.3) is 0 Å². The molecule has 47 heavy (non-hydrogen) atoms. The molecule has 248 valence electrons. The van der Waals surface area contributed by atoms with Crippen LogP contribution in [0.4, 0.5) is 4.39 Å². The monoisotopic (exact) mass is 699 g/mol. The highest BCUT2D eigenvalue weighted by molar-refractivity contribution is 6.31. The fourth-order valence-corrected chi connectivity index (χ4v) is 5.82. The van der Waals surface area contributed by atoms with Gasteiger partial charge in [-0.2, -0.15) is 0 Å². The standard InChI is InChI=1S/C35H36Cl2FN5O3.ClH/c36-25-13-9-23(10-14-25)21-43-22-40-32(24-11-16-27(38)17-12-24)34(43)31-28-18-15-26(37)20-29(28)41-33(31)35(45)46-19-7-5-3-1-2-4-6-8-30(44)42-39;/h9-18,20,22,41H,1-8,19,21,39H2,(H,42,44);1H. The van der Waals surface area contributed by atoms with Crippen LogP contribution in [0.15, 0.2) is 73.1 Å². The Kier molecular flexibility index (Phi) is 13.2. The van der Waals surface area contributed by atoms with Crippen LogP contribution in [0, 0.1) is 5.82 Å². The van der Waals surface area contributed by atoms with Gasteiger partial charge in [0.1, 0.15) is 11.5 Å². The maximum absolute atomic E-state index is 13.9. The highest BCUT2D eigenvalue weighted by atomic mass is 35.5. The Morgan fingerprint density at radius 2 is 1.55 bits per heavy atom. The molecule has 0 atom stereocenters. The quantitative estimate of drug-likeness (QED) is 0.0332. The van der Waals surface area contributed by atoms with E-state index in [1.807, 2.05) is 34.9 Å². The molecular weight excluding hydrogens is 664 g/mol. The van der Waals surface area contributed by atoms with Gasteiger partial charge in [0, 0.05) is 45.0 Å². The first kappa shape index (κ1) is 36.0. The van der Waals surface area contributed by atoms with E-state index in [2.05, 4.69) is 10.4 Å². The molecule has 12 heteroatoms. The number of nitrogens with one attached hydrogen (secondary N) is 2. The van der Waals surface area contributed by atoms with Gasteiger partial charge in [-0.05, 0) is 66.9 Å². The van der Waals surface area contributed by atoms with Gasteiger partial charge in [0.2, 0.25) is 5.91 Å². The fourth-order valence-electron chi connectivity index (χ4n) is 5.52. The Balaban J connectivity index is 0.00000500. The topological polar surface area (TPSA) is 115 Å². The first-order chi connectivity index (χ1) is 22.3. The zero-order chi connectivity index (χ0) is 32.5. The number of aromatic amines is 1. The Labute approximate surface area is 289 Å². The average Bonchev–Trinajstić information content (AvgIpc) is 3.63. The third-order valence-electron chi connectivity index (χ3n) is 7.87. The molecular formula is C35H37Cl3FN5O3. The van der Waals surface area contributed by atoms with Crippen molar-refractivity contribution in [1.82, 2.24) is 20.0 Å². The van der Waals surface area contributed by atoms with Crippen molar-refractivity contribution in [3.63, 3.8) is 0 Å². The number of fused-ring (bicyclic) bond motifs is 1.